The number of aromatic nitrogens is 2. The number of carbonyl (C=O) groups is 2. The number of ether oxygens (including phenoxy) is 2. The van der Waals surface area contributed by atoms with E-state index in [0.29, 0.717) is 23.5 Å². The van der Waals surface area contributed by atoms with E-state index in [0.717, 1.165) is 49.4 Å². The van der Waals surface area contributed by atoms with Crippen LogP contribution in [0.3, 0.4) is 0 Å². The van der Waals surface area contributed by atoms with Crippen molar-refractivity contribution in [2.45, 2.75) is 50.6 Å². The lowest BCUT2D eigenvalue weighted by molar-refractivity contribution is -0.126. The minimum atomic E-state index is -0.961. The third-order valence-corrected chi connectivity index (χ3v) is 7.11. The minimum absolute atomic E-state index is 0.0490. The van der Waals surface area contributed by atoms with E-state index < -0.39 is 17.8 Å². The Morgan fingerprint density at radius 1 is 1.08 bits per heavy atom. The van der Waals surface area contributed by atoms with Crippen molar-refractivity contribution in [3.8, 4) is 11.5 Å². The molecule has 1 atom stereocenters. The first-order chi connectivity index (χ1) is 18.0. The fourth-order valence-corrected chi connectivity index (χ4v) is 5.09. The lowest BCUT2D eigenvalue weighted by atomic mass is 9.94. The molecule has 8 nitrogen and oxygen atoms in total. The molecule has 2 aromatic carbocycles. The van der Waals surface area contributed by atoms with E-state index in [1.165, 1.54) is 23.2 Å². The summed E-state index contributed by atoms with van der Waals surface area (Å²) in [6.45, 7) is 0.214. The van der Waals surface area contributed by atoms with Crippen LogP contribution >= 0.6 is 11.7 Å². The van der Waals surface area contributed by atoms with E-state index in [2.05, 4.69) is 14.1 Å². The number of carbonyl (C=O) groups excluding carboxylic acids is 2. The van der Waals surface area contributed by atoms with Crippen molar-refractivity contribution in [2.75, 3.05) is 20.8 Å². The average molecular weight is 527 g/mol. The first-order valence-electron chi connectivity index (χ1n) is 12.4. The van der Waals surface area contributed by atoms with Gasteiger partial charge in [-0.2, -0.15) is 8.75 Å². The molecular weight excluding hydrogens is 495 g/mol. The molecule has 1 heterocycles. The molecule has 0 aliphatic heterocycles. The summed E-state index contributed by atoms with van der Waals surface area (Å²) in [5.74, 6) is 0.0577. The van der Waals surface area contributed by atoms with Gasteiger partial charge in [0.25, 0.3) is 5.91 Å². The maximum absolute atomic E-state index is 13.8. The van der Waals surface area contributed by atoms with Gasteiger partial charge in [-0.3, -0.25) is 9.59 Å². The third-order valence-electron chi connectivity index (χ3n) is 6.63. The number of hydrogen-bond acceptors (Lipinski definition) is 7. The molecule has 1 saturated carbocycles. The lowest BCUT2D eigenvalue weighted by Crippen LogP contribution is -2.47. The summed E-state index contributed by atoms with van der Waals surface area (Å²) in [6.07, 6.45) is 6.90. The molecule has 0 spiro atoms. The summed E-state index contributed by atoms with van der Waals surface area (Å²) in [7, 11) is 3.13. The van der Waals surface area contributed by atoms with Gasteiger partial charge in [-0.15, -0.1) is 0 Å². The van der Waals surface area contributed by atoms with Gasteiger partial charge in [-0.1, -0.05) is 37.5 Å². The molecule has 1 fully saturated rings. The lowest BCUT2D eigenvalue weighted by Gasteiger charge is -2.33. The van der Waals surface area contributed by atoms with Crippen LogP contribution in [0.15, 0.2) is 48.7 Å². The van der Waals surface area contributed by atoms with E-state index in [4.69, 9.17) is 9.47 Å². The number of halogens is 1. The fraction of sp³-hybridized carbons (Fsp3) is 0.407. The van der Waals surface area contributed by atoms with Gasteiger partial charge in [0.1, 0.15) is 11.9 Å². The van der Waals surface area contributed by atoms with Gasteiger partial charge in [0.15, 0.2) is 17.2 Å². The Kier molecular flexibility index (Phi) is 9.05. The number of methoxy groups -OCH3 is 2. The van der Waals surface area contributed by atoms with E-state index in [1.54, 1.807) is 32.4 Å². The van der Waals surface area contributed by atoms with Crippen molar-refractivity contribution in [1.82, 2.24) is 19.0 Å². The van der Waals surface area contributed by atoms with Crippen molar-refractivity contribution in [2.24, 2.45) is 0 Å². The normalized spacial score (nSPS) is 14.6. The topological polar surface area (TPSA) is 93.7 Å². The standard InChI is InChI=1S/C27H31FN4O4S/c1-35-23-13-8-18(16-24(23)36-2)14-15-32(27(34)22-17-29-37-31-22)25(19-9-11-20(28)12-10-19)26(33)30-21-6-4-3-5-7-21/h8-13,16-17,21,25H,3-7,14-15H2,1-2H3,(H,30,33). The van der Waals surface area contributed by atoms with Crippen molar-refractivity contribution < 1.29 is 23.5 Å². The maximum Gasteiger partial charge on any atom is 0.276 e. The number of nitrogens with zero attached hydrogens (tertiary/aromatic N) is 3. The van der Waals surface area contributed by atoms with Crippen molar-refractivity contribution in [3.05, 3.63) is 71.3 Å². The quantitative estimate of drug-likeness (QED) is 0.416. The molecular formula is C27H31FN4O4S. The Balaban J connectivity index is 1.67. The third kappa shape index (κ3) is 6.62. The predicted octanol–water partition coefficient (Wildman–Crippen LogP) is 4.57. The Labute approximate surface area is 220 Å². The summed E-state index contributed by atoms with van der Waals surface area (Å²) < 4.78 is 32.6. The van der Waals surface area contributed by atoms with Crippen molar-refractivity contribution in [1.29, 1.82) is 0 Å². The van der Waals surface area contributed by atoms with Gasteiger partial charge in [0, 0.05) is 12.6 Å². The Hall–Kier alpha value is -3.53. The SMILES string of the molecule is COc1ccc(CCN(C(=O)c2cnsn2)C(C(=O)NC2CCCCC2)c2ccc(F)cc2)cc1OC. The summed E-state index contributed by atoms with van der Waals surface area (Å²) in [5, 5.41) is 3.15. The van der Waals surface area contributed by atoms with Crippen LogP contribution in [0.4, 0.5) is 4.39 Å². The highest BCUT2D eigenvalue weighted by Crippen LogP contribution is 2.29. The Morgan fingerprint density at radius 2 is 1.81 bits per heavy atom. The minimum Gasteiger partial charge on any atom is -0.493 e. The zero-order valence-electron chi connectivity index (χ0n) is 21.0. The summed E-state index contributed by atoms with van der Waals surface area (Å²) >= 11 is 0.927. The predicted molar refractivity (Wildman–Crippen MR) is 138 cm³/mol. The van der Waals surface area contributed by atoms with Gasteiger partial charge >= 0.3 is 0 Å². The molecule has 1 unspecified atom stereocenters. The van der Waals surface area contributed by atoms with E-state index in [9.17, 15) is 14.0 Å². The highest BCUT2D eigenvalue weighted by Gasteiger charge is 2.34. The first-order valence-corrected chi connectivity index (χ1v) is 13.1. The van der Waals surface area contributed by atoms with Gasteiger partial charge < -0.3 is 19.7 Å². The van der Waals surface area contributed by atoms with Crippen LogP contribution in [-0.2, 0) is 11.2 Å². The summed E-state index contributed by atoms with van der Waals surface area (Å²) in [5.41, 5.74) is 1.59. The number of amides is 2. The van der Waals surface area contributed by atoms with E-state index in [-0.39, 0.29) is 24.2 Å². The van der Waals surface area contributed by atoms with Crippen molar-refractivity contribution >= 4 is 23.5 Å². The largest absolute Gasteiger partial charge is 0.493 e. The molecule has 0 radical (unpaired) electrons. The number of benzene rings is 2. The zero-order valence-corrected chi connectivity index (χ0v) is 21.8. The summed E-state index contributed by atoms with van der Waals surface area (Å²) in [6, 6.07) is 10.3. The zero-order chi connectivity index (χ0) is 26.2. The van der Waals surface area contributed by atoms with E-state index in [1.807, 2.05) is 12.1 Å². The van der Waals surface area contributed by atoms with Crippen LogP contribution in [-0.4, -0.2) is 52.3 Å². The second-order valence-electron chi connectivity index (χ2n) is 9.03. The molecule has 196 valence electrons. The molecule has 1 N–H and O–H groups in total. The molecule has 4 rings (SSSR count). The van der Waals surface area contributed by atoms with Crippen LogP contribution in [0.1, 0.15) is 59.8 Å². The van der Waals surface area contributed by atoms with Gasteiger partial charge in [-0.05, 0) is 54.7 Å². The summed E-state index contributed by atoms with van der Waals surface area (Å²) in [4.78, 5) is 28.9. The molecule has 2 amide bonds. The molecule has 0 bridgehead atoms. The molecule has 1 aromatic heterocycles. The molecule has 1 aliphatic carbocycles. The smallest absolute Gasteiger partial charge is 0.276 e. The molecule has 10 heteroatoms. The maximum atomic E-state index is 13.8. The average Bonchev–Trinajstić information content (AvgIpc) is 3.47. The van der Waals surface area contributed by atoms with Crippen LogP contribution in [0.2, 0.25) is 0 Å². The van der Waals surface area contributed by atoms with Crippen LogP contribution in [0.25, 0.3) is 0 Å². The molecule has 37 heavy (non-hydrogen) atoms. The molecule has 0 saturated heterocycles. The van der Waals surface area contributed by atoms with Gasteiger partial charge in [0.05, 0.1) is 32.1 Å². The monoisotopic (exact) mass is 526 g/mol. The fourth-order valence-electron chi connectivity index (χ4n) is 4.68. The highest BCUT2D eigenvalue weighted by molar-refractivity contribution is 6.99. The van der Waals surface area contributed by atoms with Crippen LogP contribution in [0, 0.1) is 5.82 Å². The highest BCUT2D eigenvalue weighted by atomic mass is 32.1. The van der Waals surface area contributed by atoms with E-state index >= 15 is 0 Å². The molecule has 1 aliphatic rings. The Morgan fingerprint density at radius 3 is 2.46 bits per heavy atom. The van der Waals surface area contributed by atoms with Gasteiger partial charge in [-0.25, -0.2) is 4.39 Å². The van der Waals surface area contributed by atoms with Crippen LogP contribution in [0.5, 0.6) is 11.5 Å². The van der Waals surface area contributed by atoms with Crippen LogP contribution < -0.4 is 14.8 Å². The molecule has 3 aromatic rings. The van der Waals surface area contributed by atoms with Gasteiger partial charge in [0.2, 0.25) is 5.91 Å². The number of hydrogen-bond donors (Lipinski definition) is 1. The Bertz CT molecular complexity index is 1180. The number of rotatable bonds is 10. The second-order valence-corrected chi connectivity index (χ2v) is 9.58. The van der Waals surface area contributed by atoms with Crippen molar-refractivity contribution in [3.63, 3.8) is 0 Å². The number of nitrogens with one attached hydrogen (secondary N) is 1. The first kappa shape index (κ1) is 26.5. The second kappa shape index (κ2) is 12.6.